The van der Waals surface area contributed by atoms with Crippen LogP contribution in [-0.4, -0.2) is 29.7 Å². The first kappa shape index (κ1) is 11.0. The molecule has 16 heavy (non-hydrogen) atoms. The van der Waals surface area contributed by atoms with Gasteiger partial charge in [-0.15, -0.1) is 0 Å². The van der Waals surface area contributed by atoms with Crippen LogP contribution in [0, 0.1) is 6.92 Å². The Labute approximate surface area is 93.6 Å². The first-order valence-corrected chi connectivity index (χ1v) is 5.19. The van der Waals surface area contributed by atoms with Crippen LogP contribution in [0.4, 0.5) is 0 Å². The lowest BCUT2D eigenvalue weighted by molar-refractivity contribution is 0.104. The van der Waals surface area contributed by atoms with E-state index < -0.39 is 0 Å². The maximum absolute atomic E-state index is 5.55. The Morgan fingerprint density at radius 1 is 1.44 bits per heavy atom. The summed E-state index contributed by atoms with van der Waals surface area (Å²) in [7, 11) is 1.63. The number of rotatable bonds is 4. The number of nitrogens with zero attached hydrogens (tertiary/aromatic N) is 2. The van der Waals surface area contributed by atoms with Crippen LogP contribution in [0.5, 0.6) is 0 Å². The summed E-state index contributed by atoms with van der Waals surface area (Å²) in [6.07, 6.45) is 0.511. The van der Waals surface area contributed by atoms with Crippen LogP contribution in [0.3, 0.4) is 0 Å². The SMILES string of the molecule is COC(CN)Cc1nc2nc(C)ccc2o1. The average Bonchev–Trinajstić information content (AvgIpc) is 2.67. The molecule has 0 saturated heterocycles. The van der Waals surface area contributed by atoms with Crippen molar-refractivity contribution < 1.29 is 9.15 Å². The molecule has 2 rings (SSSR count). The molecule has 1 atom stereocenters. The summed E-state index contributed by atoms with van der Waals surface area (Å²) in [5.41, 5.74) is 7.81. The van der Waals surface area contributed by atoms with E-state index in [9.17, 15) is 0 Å². The molecule has 2 N–H and O–H groups in total. The number of aromatic nitrogens is 2. The number of fused-ring (bicyclic) bond motifs is 1. The first-order chi connectivity index (χ1) is 7.72. The number of nitrogens with two attached hydrogens (primary N) is 1. The van der Waals surface area contributed by atoms with E-state index >= 15 is 0 Å². The topological polar surface area (TPSA) is 74.2 Å². The summed E-state index contributed by atoms with van der Waals surface area (Å²) in [5.74, 6) is 0.616. The Bertz CT molecular complexity index is 477. The van der Waals surface area contributed by atoms with E-state index in [1.807, 2.05) is 19.1 Å². The molecule has 0 spiro atoms. The Hall–Kier alpha value is -1.46. The monoisotopic (exact) mass is 221 g/mol. The third-order valence-corrected chi connectivity index (χ3v) is 2.44. The molecule has 5 nitrogen and oxygen atoms in total. The van der Waals surface area contributed by atoms with Gasteiger partial charge in [-0.3, -0.25) is 0 Å². The lowest BCUT2D eigenvalue weighted by atomic mass is 10.2. The van der Waals surface area contributed by atoms with Crippen molar-refractivity contribution in [3.05, 3.63) is 23.7 Å². The van der Waals surface area contributed by atoms with Gasteiger partial charge < -0.3 is 14.9 Å². The highest BCUT2D eigenvalue weighted by molar-refractivity contribution is 5.67. The maximum Gasteiger partial charge on any atom is 0.199 e. The van der Waals surface area contributed by atoms with Crippen LogP contribution >= 0.6 is 0 Å². The largest absolute Gasteiger partial charge is 0.439 e. The standard InChI is InChI=1S/C11H15N3O2/c1-7-3-4-9-11(13-7)14-10(16-9)5-8(6-12)15-2/h3-4,8H,5-6,12H2,1-2H3. The van der Waals surface area contributed by atoms with Gasteiger partial charge in [-0.2, -0.15) is 4.98 Å². The van der Waals surface area contributed by atoms with E-state index in [-0.39, 0.29) is 6.10 Å². The van der Waals surface area contributed by atoms with E-state index in [0.717, 1.165) is 5.69 Å². The average molecular weight is 221 g/mol. The van der Waals surface area contributed by atoms with E-state index in [2.05, 4.69) is 9.97 Å². The van der Waals surface area contributed by atoms with Crippen LogP contribution in [0.25, 0.3) is 11.2 Å². The van der Waals surface area contributed by atoms with Gasteiger partial charge in [0.25, 0.3) is 0 Å². The molecular formula is C11H15N3O2. The second-order valence-corrected chi connectivity index (χ2v) is 3.68. The summed E-state index contributed by atoms with van der Waals surface area (Å²) in [4.78, 5) is 8.57. The minimum atomic E-state index is -0.0610. The third kappa shape index (κ3) is 2.20. The Morgan fingerprint density at radius 2 is 2.25 bits per heavy atom. The number of aryl methyl sites for hydroxylation is 1. The highest BCUT2D eigenvalue weighted by Gasteiger charge is 2.12. The van der Waals surface area contributed by atoms with Gasteiger partial charge in [0.15, 0.2) is 17.1 Å². The van der Waals surface area contributed by atoms with Gasteiger partial charge in [-0.25, -0.2) is 4.98 Å². The fraction of sp³-hybridized carbons (Fsp3) is 0.455. The van der Waals surface area contributed by atoms with Crippen molar-refractivity contribution in [3.8, 4) is 0 Å². The number of methoxy groups -OCH3 is 1. The normalized spacial score (nSPS) is 13.2. The zero-order valence-electron chi connectivity index (χ0n) is 9.43. The number of pyridine rings is 1. The van der Waals surface area contributed by atoms with Gasteiger partial charge in [0.1, 0.15) is 0 Å². The lowest BCUT2D eigenvalue weighted by Gasteiger charge is -2.08. The third-order valence-electron chi connectivity index (χ3n) is 2.44. The van der Waals surface area contributed by atoms with Crippen molar-refractivity contribution in [1.82, 2.24) is 9.97 Å². The second-order valence-electron chi connectivity index (χ2n) is 3.68. The van der Waals surface area contributed by atoms with Crippen LogP contribution < -0.4 is 5.73 Å². The van der Waals surface area contributed by atoms with Crippen LogP contribution in [0.2, 0.25) is 0 Å². The van der Waals surface area contributed by atoms with Crippen LogP contribution in [0.1, 0.15) is 11.6 Å². The molecule has 0 aromatic carbocycles. The molecule has 5 heteroatoms. The molecule has 0 aliphatic carbocycles. The molecule has 0 bridgehead atoms. The Balaban J connectivity index is 2.25. The van der Waals surface area contributed by atoms with E-state index in [4.69, 9.17) is 14.9 Å². The molecular weight excluding hydrogens is 206 g/mol. The molecule has 2 aromatic heterocycles. The first-order valence-electron chi connectivity index (χ1n) is 5.19. The predicted octanol–water partition coefficient (Wildman–Crippen LogP) is 1.05. The highest BCUT2D eigenvalue weighted by Crippen LogP contribution is 2.15. The van der Waals surface area contributed by atoms with Gasteiger partial charge in [0.05, 0.1) is 12.5 Å². The zero-order valence-corrected chi connectivity index (χ0v) is 9.43. The molecule has 0 radical (unpaired) electrons. The summed E-state index contributed by atoms with van der Waals surface area (Å²) >= 11 is 0. The molecule has 0 amide bonds. The van der Waals surface area contributed by atoms with Crippen molar-refractivity contribution in [3.63, 3.8) is 0 Å². The fourth-order valence-corrected chi connectivity index (χ4v) is 1.50. The van der Waals surface area contributed by atoms with Gasteiger partial charge in [0.2, 0.25) is 0 Å². The van der Waals surface area contributed by atoms with Gasteiger partial charge in [-0.1, -0.05) is 0 Å². The minimum Gasteiger partial charge on any atom is -0.439 e. The molecule has 0 aliphatic rings. The van der Waals surface area contributed by atoms with E-state index in [1.54, 1.807) is 7.11 Å². The van der Waals surface area contributed by atoms with Gasteiger partial charge in [-0.05, 0) is 19.1 Å². The summed E-state index contributed by atoms with van der Waals surface area (Å²) < 4.78 is 10.7. The van der Waals surface area contributed by atoms with Crippen LogP contribution in [-0.2, 0) is 11.2 Å². The molecule has 1 unspecified atom stereocenters. The molecule has 86 valence electrons. The second kappa shape index (κ2) is 4.59. The van der Waals surface area contributed by atoms with Crippen LogP contribution in [0.15, 0.2) is 16.5 Å². The van der Waals surface area contributed by atoms with Crippen molar-refractivity contribution in [2.45, 2.75) is 19.4 Å². The molecule has 2 aromatic rings. The number of hydrogen-bond acceptors (Lipinski definition) is 5. The molecule has 2 heterocycles. The predicted molar refractivity (Wildman–Crippen MR) is 60.1 cm³/mol. The fourth-order valence-electron chi connectivity index (χ4n) is 1.50. The maximum atomic E-state index is 5.55. The van der Waals surface area contributed by atoms with E-state index in [0.29, 0.717) is 30.1 Å². The quantitative estimate of drug-likeness (QED) is 0.835. The summed E-state index contributed by atoms with van der Waals surface area (Å²) in [6, 6.07) is 3.77. The van der Waals surface area contributed by atoms with Gasteiger partial charge >= 0.3 is 0 Å². The highest BCUT2D eigenvalue weighted by atomic mass is 16.5. The summed E-state index contributed by atoms with van der Waals surface area (Å²) in [6.45, 7) is 2.37. The lowest BCUT2D eigenvalue weighted by Crippen LogP contribution is -2.24. The Morgan fingerprint density at radius 3 is 2.94 bits per heavy atom. The van der Waals surface area contributed by atoms with E-state index in [1.165, 1.54) is 0 Å². The summed E-state index contributed by atoms with van der Waals surface area (Å²) in [5, 5.41) is 0. The smallest absolute Gasteiger partial charge is 0.199 e. The zero-order chi connectivity index (χ0) is 11.5. The number of oxazole rings is 1. The van der Waals surface area contributed by atoms with Crippen molar-refractivity contribution in [1.29, 1.82) is 0 Å². The Kier molecular flexibility index (Phi) is 3.17. The number of ether oxygens (including phenoxy) is 1. The van der Waals surface area contributed by atoms with Gasteiger partial charge in [0, 0.05) is 19.3 Å². The van der Waals surface area contributed by atoms with Crippen molar-refractivity contribution in [2.24, 2.45) is 5.73 Å². The molecule has 0 saturated carbocycles. The molecule has 0 fully saturated rings. The molecule has 0 aliphatic heterocycles. The number of hydrogen-bond donors (Lipinski definition) is 1. The minimum absolute atomic E-state index is 0.0610. The van der Waals surface area contributed by atoms with Crippen molar-refractivity contribution in [2.75, 3.05) is 13.7 Å². The van der Waals surface area contributed by atoms with Crippen molar-refractivity contribution >= 4 is 11.2 Å².